The third kappa shape index (κ3) is 3.73. The summed E-state index contributed by atoms with van der Waals surface area (Å²) in [4.78, 5) is 25.7. The molecule has 7 nitrogen and oxygen atoms in total. The van der Waals surface area contributed by atoms with Crippen LogP contribution in [0.5, 0.6) is 0 Å². The van der Waals surface area contributed by atoms with Crippen LogP contribution in [0.3, 0.4) is 0 Å². The van der Waals surface area contributed by atoms with Gasteiger partial charge in [-0.1, -0.05) is 36.4 Å². The molecule has 1 amide bonds. The Morgan fingerprint density at radius 2 is 1.53 bits per heavy atom. The maximum atomic E-state index is 13.1. The van der Waals surface area contributed by atoms with Crippen LogP contribution in [0.4, 0.5) is 5.69 Å². The van der Waals surface area contributed by atoms with Crippen LogP contribution >= 0.6 is 0 Å². The number of nitrogens with two attached hydrogens (primary N) is 1. The van der Waals surface area contributed by atoms with Gasteiger partial charge < -0.3 is 9.72 Å². The van der Waals surface area contributed by atoms with Crippen molar-refractivity contribution in [2.24, 2.45) is 5.14 Å². The lowest BCUT2D eigenvalue weighted by atomic mass is 10.0. The highest BCUT2D eigenvalue weighted by molar-refractivity contribution is 7.89. The first-order valence-corrected chi connectivity index (χ1v) is 10.5. The van der Waals surface area contributed by atoms with Crippen molar-refractivity contribution in [3.63, 3.8) is 0 Å². The van der Waals surface area contributed by atoms with Gasteiger partial charge in [0.05, 0.1) is 4.90 Å². The Bertz CT molecular complexity index is 1360. The molecule has 0 fully saturated rings. The van der Waals surface area contributed by atoms with Crippen LogP contribution < -0.4 is 10.5 Å². The minimum absolute atomic E-state index is 0.0872. The molecular weight excluding hydrogens is 402 g/mol. The Hall–Kier alpha value is -3.75. The number of amides is 1. The second-order valence-corrected chi connectivity index (χ2v) is 8.18. The van der Waals surface area contributed by atoms with Crippen molar-refractivity contribution < 1.29 is 18.0 Å². The van der Waals surface area contributed by atoms with Crippen LogP contribution in [-0.2, 0) is 14.8 Å². The number of ketones is 1. The first-order valence-electron chi connectivity index (χ1n) is 8.98. The maximum Gasteiger partial charge on any atom is 0.298 e. The monoisotopic (exact) mass is 419 g/mol. The highest BCUT2D eigenvalue weighted by atomic mass is 32.2. The van der Waals surface area contributed by atoms with Gasteiger partial charge in [-0.05, 0) is 48.0 Å². The van der Waals surface area contributed by atoms with E-state index < -0.39 is 21.7 Å². The highest BCUT2D eigenvalue weighted by Gasteiger charge is 2.24. The molecule has 0 spiro atoms. The van der Waals surface area contributed by atoms with Gasteiger partial charge in [0, 0.05) is 23.0 Å². The molecule has 4 aromatic rings. The number of nitrogens with zero attached hydrogens (tertiary/aromatic N) is 1. The minimum Gasteiger partial charge on any atom is -0.319 e. The number of anilines is 1. The highest BCUT2D eigenvalue weighted by Crippen LogP contribution is 2.28. The number of carbonyl (C=O) groups excluding carboxylic acids is 2. The van der Waals surface area contributed by atoms with Crippen molar-refractivity contribution in [1.82, 2.24) is 4.40 Å². The van der Waals surface area contributed by atoms with E-state index in [-0.39, 0.29) is 16.3 Å². The molecule has 2 heterocycles. The van der Waals surface area contributed by atoms with E-state index in [1.54, 1.807) is 16.7 Å². The molecule has 2 aromatic carbocycles. The average molecular weight is 419 g/mol. The van der Waals surface area contributed by atoms with Crippen molar-refractivity contribution in [2.75, 3.05) is 5.32 Å². The van der Waals surface area contributed by atoms with Gasteiger partial charge in [0.25, 0.3) is 11.7 Å². The number of benzene rings is 2. The van der Waals surface area contributed by atoms with E-state index in [0.717, 1.165) is 11.1 Å². The van der Waals surface area contributed by atoms with Crippen LogP contribution in [0.2, 0.25) is 0 Å². The zero-order valence-electron chi connectivity index (χ0n) is 15.6. The second kappa shape index (κ2) is 7.58. The Morgan fingerprint density at radius 1 is 0.867 bits per heavy atom. The normalized spacial score (nSPS) is 11.4. The molecule has 0 aliphatic carbocycles. The predicted molar refractivity (Wildman–Crippen MR) is 114 cm³/mol. The molecule has 30 heavy (non-hydrogen) atoms. The van der Waals surface area contributed by atoms with Gasteiger partial charge >= 0.3 is 0 Å². The molecule has 0 aliphatic rings. The Morgan fingerprint density at radius 3 is 2.20 bits per heavy atom. The summed E-state index contributed by atoms with van der Waals surface area (Å²) in [5, 5.41) is 7.59. The molecule has 0 bridgehead atoms. The number of carbonyl (C=O) groups is 2. The average Bonchev–Trinajstić information content (AvgIpc) is 3.13. The number of primary sulfonamides is 1. The molecule has 0 saturated heterocycles. The summed E-state index contributed by atoms with van der Waals surface area (Å²) in [6.07, 6.45) is 1.73. The third-order valence-electron chi connectivity index (χ3n) is 4.63. The molecule has 0 unspecified atom stereocenters. The predicted octanol–water partition coefficient (Wildman–Crippen LogP) is 3.08. The van der Waals surface area contributed by atoms with Crippen LogP contribution in [0.1, 0.15) is 10.5 Å². The number of hydrogen-bond acceptors (Lipinski definition) is 4. The van der Waals surface area contributed by atoms with Crippen molar-refractivity contribution in [1.29, 1.82) is 0 Å². The van der Waals surface area contributed by atoms with Crippen LogP contribution in [0.15, 0.2) is 90.0 Å². The molecule has 2 aromatic heterocycles. The Labute approximate surface area is 172 Å². The first kappa shape index (κ1) is 19.6. The van der Waals surface area contributed by atoms with Gasteiger partial charge in [-0.15, -0.1) is 0 Å². The second-order valence-electron chi connectivity index (χ2n) is 6.62. The van der Waals surface area contributed by atoms with E-state index in [0.29, 0.717) is 5.56 Å². The zero-order valence-corrected chi connectivity index (χ0v) is 16.5. The zero-order chi connectivity index (χ0) is 21.3. The topological polar surface area (TPSA) is 111 Å². The molecule has 0 aliphatic heterocycles. The molecule has 0 atom stereocenters. The molecular formula is C22H17N3O4S. The number of Topliss-reactive ketones (excluding diaryl/α,β-unsaturated/α-hetero) is 1. The number of sulfonamides is 1. The lowest BCUT2D eigenvalue weighted by molar-refractivity contribution is -0.112. The summed E-state index contributed by atoms with van der Waals surface area (Å²) >= 11 is 0. The number of hydrogen-bond donors (Lipinski definition) is 2. The van der Waals surface area contributed by atoms with Crippen molar-refractivity contribution in [3.05, 3.63) is 90.8 Å². The molecule has 150 valence electrons. The van der Waals surface area contributed by atoms with Crippen molar-refractivity contribution >= 4 is 32.9 Å². The third-order valence-corrected chi connectivity index (χ3v) is 5.56. The number of pyridine rings is 1. The lowest BCUT2D eigenvalue weighted by Gasteiger charge is -2.08. The van der Waals surface area contributed by atoms with Gasteiger partial charge in [0.2, 0.25) is 10.0 Å². The maximum absolute atomic E-state index is 13.1. The fourth-order valence-electron chi connectivity index (χ4n) is 3.22. The van der Waals surface area contributed by atoms with Gasteiger partial charge in [0.15, 0.2) is 0 Å². The van der Waals surface area contributed by atoms with Crippen LogP contribution in [-0.4, -0.2) is 24.5 Å². The number of fused-ring (bicyclic) bond motifs is 1. The number of nitrogens with one attached hydrogen (secondary N) is 1. The SMILES string of the molecule is NS(=O)(=O)c1ccc(NC(=O)C(=O)c2c(-c3ccccc3)cc3ccccn23)cc1. The Balaban J connectivity index is 1.70. The van der Waals surface area contributed by atoms with Gasteiger partial charge in [-0.2, -0.15) is 0 Å². The molecule has 8 heteroatoms. The smallest absolute Gasteiger partial charge is 0.298 e. The lowest BCUT2D eigenvalue weighted by Crippen LogP contribution is -2.24. The number of rotatable bonds is 5. The van der Waals surface area contributed by atoms with E-state index >= 15 is 0 Å². The number of aromatic nitrogens is 1. The van der Waals surface area contributed by atoms with Crippen molar-refractivity contribution in [3.8, 4) is 11.1 Å². The van der Waals surface area contributed by atoms with Crippen LogP contribution in [0.25, 0.3) is 16.6 Å². The fraction of sp³-hybridized carbons (Fsp3) is 0. The summed E-state index contributed by atoms with van der Waals surface area (Å²) in [6, 6.07) is 22.0. The summed E-state index contributed by atoms with van der Waals surface area (Å²) in [5.41, 5.74) is 2.77. The van der Waals surface area contributed by atoms with E-state index in [4.69, 9.17) is 5.14 Å². The summed E-state index contributed by atoms with van der Waals surface area (Å²) in [5.74, 6) is -1.55. The van der Waals surface area contributed by atoms with Crippen molar-refractivity contribution in [2.45, 2.75) is 4.90 Å². The van der Waals surface area contributed by atoms with E-state index in [2.05, 4.69) is 5.32 Å². The molecule has 4 rings (SSSR count). The quantitative estimate of drug-likeness (QED) is 0.382. The molecule has 0 saturated carbocycles. The summed E-state index contributed by atoms with van der Waals surface area (Å²) < 4.78 is 24.4. The van der Waals surface area contributed by atoms with Gasteiger partial charge in [0.1, 0.15) is 5.69 Å². The first-order chi connectivity index (χ1) is 14.3. The minimum atomic E-state index is -3.84. The van der Waals surface area contributed by atoms with Crippen LogP contribution in [0, 0.1) is 0 Å². The largest absolute Gasteiger partial charge is 0.319 e. The fourth-order valence-corrected chi connectivity index (χ4v) is 3.73. The molecule has 0 radical (unpaired) electrons. The Kier molecular flexibility index (Phi) is 4.94. The summed E-state index contributed by atoms with van der Waals surface area (Å²) in [7, 11) is -3.84. The van der Waals surface area contributed by atoms with E-state index in [1.165, 1.54) is 24.3 Å². The van der Waals surface area contributed by atoms with Gasteiger partial charge in [-0.25, -0.2) is 13.6 Å². The van der Waals surface area contributed by atoms with E-state index in [9.17, 15) is 18.0 Å². The standard InChI is InChI=1S/C22H17N3O4S/c23-30(28,29)18-11-9-16(10-12-18)24-22(27)21(26)20-19(15-6-2-1-3-7-15)14-17-8-4-5-13-25(17)20/h1-14H,(H,24,27)(H2,23,28,29). The van der Waals surface area contributed by atoms with E-state index in [1.807, 2.05) is 48.5 Å². The van der Waals surface area contributed by atoms with Gasteiger partial charge in [-0.3, -0.25) is 9.59 Å². The summed E-state index contributed by atoms with van der Waals surface area (Å²) in [6.45, 7) is 0. The molecule has 3 N–H and O–H groups in total.